The number of allylic oxidation sites excluding steroid dienone is 2. The molecule has 0 aromatic heterocycles. The number of rotatable bonds is 0. The lowest BCUT2D eigenvalue weighted by atomic mass is 9.91. The second-order valence-corrected chi connectivity index (χ2v) is 8.49. The molecular formula is C20H32O2. The van der Waals surface area contributed by atoms with E-state index in [1.165, 1.54) is 6.42 Å². The maximum absolute atomic E-state index is 12.3. The van der Waals surface area contributed by atoms with Gasteiger partial charge in [-0.25, -0.2) is 0 Å². The Hall–Kier alpha value is -0.920. The molecule has 0 aromatic rings. The van der Waals surface area contributed by atoms with Gasteiger partial charge >= 0.3 is 0 Å². The number of hydrogen-bond donors (Lipinski definition) is 0. The van der Waals surface area contributed by atoms with Crippen LogP contribution in [0.5, 0.6) is 0 Å². The fourth-order valence-corrected chi connectivity index (χ4v) is 4.30. The van der Waals surface area contributed by atoms with Crippen LogP contribution in [0, 0.1) is 29.1 Å². The molecule has 0 N–H and O–H groups in total. The molecule has 0 saturated heterocycles. The average molecular weight is 304 g/mol. The Balaban J connectivity index is 2.10. The third-order valence-electron chi connectivity index (χ3n) is 6.12. The van der Waals surface area contributed by atoms with Crippen molar-refractivity contribution in [2.24, 2.45) is 29.1 Å². The maximum Gasteiger partial charge on any atom is 0.139 e. The molecule has 0 bridgehead atoms. The van der Waals surface area contributed by atoms with Crippen LogP contribution < -0.4 is 0 Å². The van der Waals surface area contributed by atoms with Crippen LogP contribution in [0.4, 0.5) is 0 Å². The van der Waals surface area contributed by atoms with Crippen molar-refractivity contribution >= 4 is 11.6 Å². The molecule has 0 spiro atoms. The van der Waals surface area contributed by atoms with Gasteiger partial charge in [-0.2, -0.15) is 0 Å². The summed E-state index contributed by atoms with van der Waals surface area (Å²) in [6.07, 6.45) is 7.06. The summed E-state index contributed by atoms with van der Waals surface area (Å²) in [5.41, 5.74) is 1.43. The second-order valence-electron chi connectivity index (χ2n) is 8.49. The van der Waals surface area contributed by atoms with E-state index in [1.807, 2.05) is 13.0 Å². The second kappa shape index (κ2) is 6.68. The standard InChI is InChI=1S/C20H32O2/c1-13-6-8-17-18(20(17,4)5)12-15(3)19(22)9-7-14(2)11-16(21)10-13/h7,13,15,17-18H,6,8-12H2,1-5H3/b14-7+/t13-,15+,17-,18+/m0/s1. The van der Waals surface area contributed by atoms with Crippen molar-refractivity contribution in [2.75, 3.05) is 0 Å². The van der Waals surface area contributed by atoms with Gasteiger partial charge < -0.3 is 0 Å². The van der Waals surface area contributed by atoms with Crippen molar-refractivity contribution in [2.45, 2.75) is 73.1 Å². The molecule has 0 heterocycles. The van der Waals surface area contributed by atoms with Crippen molar-refractivity contribution in [3.63, 3.8) is 0 Å². The molecule has 1 fully saturated rings. The van der Waals surface area contributed by atoms with Crippen LogP contribution in [0.15, 0.2) is 11.6 Å². The first kappa shape index (κ1) is 17.4. The molecule has 0 aliphatic heterocycles. The highest BCUT2D eigenvalue weighted by Gasteiger charge is 2.56. The topological polar surface area (TPSA) is 34.1 Å². The van der Waals surface area contributed by atoms with E-state index in [9.17, 15) is 9.59 Å². The Morgan fingerprint density at radius 3 is 2.45 bits per heavy atom. The fourth-order valence-electron chi connectivity index (χ4n) is 4.30. The maximum atomic E-state index is 12.3. The highest BCUT2D eigenvalue weighted by atomic mass is 16.1. The molecule has 2 aliphatic rings. The average Bonchev–Trinajstić information content (AvgIpc) is 2.92. The Labute approximate surface area is 135 Å². The van der Waals surface area contributed by atoms with Gasteiger partial charge in [-0.15, -0.1) is 0 Å². The summed E-state index contributed by atoms with van der Waals surface area (Å²) in [6, 6.07) is 0. The Morgan fingerprint density at radius 1 is 1.09 bits per heavy atom. The van der Waals surface area contributed by atoms with Gasteiger partial charge in [-0.1, -0.05) is 39.3 Å². The molecular weight excluding hydrogens is 272 g/mol. The van der Waals surface area contributed by atoms with E-state index in [0.717, 1.165) is 24.3 Å². The summed E-state index contributed by atoms with van der Waals surface area (Å²) in [6.45, 7) is 11.0. The van der Waals surface area contributed by atoms with Crippen LogP contribution >= 0.6 is 0 Å². The monoisotopic (exact) mass is 304 g/mol. The highest BCUT2D eigenvalue weighted by molar-refractivity contribution is 5.83. The summed E-state index contributed by atoms with van der Waals surface area (Å²) in [7, 11) is 0. The van der Waals surface area contributed by atoms with Crippen molar-refractivity contribution in [1.82, 2.24) is 0 Å². The van der Waals surface area contributed by atoms with E-state index in [1.54, 1.807) is 0 Å². The normalized spacial score (nSPS) is 39.4. The van der Waals surface area contributed by atoms with E-state index in [4.69, 9.17) is 0 Å². The molecule has 0 aromatic carbocycles. The number of ketones is 2. The van der Waals surface area contributed by atoms with Crippen molar-refractivity contribution in [1.29, 1.82) is 0 Å². The van der Waals surface area contributed by atoms with Crippen LogP contribution in [0.3, 0.4) is 0 Å². The van der Waals surface area contributed by atoms with E-state index in [2.05, 4.69) is 27.7 Å². The van der Waals surface area contributed by atoms with E-state index in [0.29, 0.717) is 48.1 Å². The third kappa shape index (κ3) is 4.08. The molecule has 0 unspecified atom stereocenters. The van der Waals surface area contributed by atoms with Crippen molar-refractivity contribution in [3.8, 4) is 0 Å². The predicted octanol–water partition coefficient (Wildman–Crippen LogP) is 4.97. The zero-order valence-corrected chi connectivity index (χ0v) is 14.9. The minimum absolute atomic E-state index is 0.148. The lowest BCUT2D eigenvalue weighted by Crippen LogP contribution is -2.13. The van der Waals surface area contributed by atoms with E-state index in [-0.39, 0.29) is 5.92 Å². The molecule has 0 amide bonds. The van der Waals surface area contributed by atoms with Gasteiger partial charge in [0.15, 0.2) is 0 Å². The largest absolute Gasteiger partial charge is 0.299 e. The molecule has 0 radical (unpaired) electrons. The zero-order valence-electron chi connectivity index (χ0n) is 14.9. The van der Waals surface area contributed by atoms with Gasteiger partial charge in [0.25, 0.3) is 0 Å². The predicted molar refractivity (Wildman–Crippen MR) is 90.6 cm³/mol. The Morgan fingerprint density at radius 2 is 1.77 bits per heavy atom. The van der Waals surface area contributed by atoms with Gasteiger partial charge in [0.05, 0.1) is 0 Å². The number of Topliss-reactive ketones (excluding diaryl/α,β-unsaturated/α-hetero) is 2. The van der Waals surface area contributed by atoms with Crippen LogP contribution in [0.1, 0.15) is 73.1 Å². The van der Waals surface area contributed by atoms with Crippen LogP contribution in [-0.2, 0) is 9.59 Å². The van der Waals surface area contributed by atoms with Gasteiger partial charge in [0.1, 0.15) is 11.6 Å². The summed E-state index contributed by atoms with van der Waals surface area (Å²) < 4.78 is 0. The number of fused-ring (bicyclic) bond motifs is 1. The molecule has 124 valence electrons. The number of carbonyl (C=O) groups excluding carboxylic acids is 2. The highest BCUT2D eigenvalue weighted by Crippen LogP contribution is 2.63. The molecule has 2 nitrogen and oxygen atoms in total. The van der Waals surface area contributed by atoms with Crippen molar-refractivity contribution < 1.29 is 9.59 Å². The summed E-state index contributed by atoms with van der Waals surface area (Å²) >= 11 is 0. The first-order valence-corrected chi connectivity index (χ1v) is 8.91. The fraction of sp³-hybridized carbons (Fsp3) is 0.800. The summed E-state index contributed by atoms with van der Waals surface area (Å²) in [5, 5.41) is 0. The molecule has 2 rings (SSSR count). The van der Waals surface area contributed by atoms with Crippen LogP contribution in [0.2, 0.25) is 0 Å². The first-order chi connectivity index (χ1) is 10.2. The summed E-state index contributed by atoms with van der Waals surface area (Å²) in [5.74, 6) is 2.71. The van der Waals surface area contributed by atoms with Gasteiger partial charge in [-0.05, 0) is 49.4 Å². The molecule has 4 atom stereocenters. The summed E-state index contributed by atoms with van der Waals surface area (Å²) in [4.78, 5) is 24.4. The number of hydrogen-bond acceptors (Lipinski definition) is 2. The molecule has 2 aliphatic carbocycles. The van der Waals surface area contributed by atoms with E-state index < -0.39 is 0 Å². The van der Waals surface area contributed by atoms with Crippen LogP contribution in [0.25, 0.3) is 0 Å². The molecule has 1 saturated carbocycles. The molecule has 2 heteroatoms. The smallest absolute Gasteiger partial charge is 0.139 e. The van der Waals surface area contributed by atoms with Gasteiger partial charge in [-0.3, -0.25) is 9.59 Å². The van der Waals surface area contributed by atoms with Gasteiger partial charge in [0.2, 0.25) is 0 Å². The third-order valence-corrected chi connectivity index (χ3v) is 6.12. The SMILES string of the molecule is C/C1=C\CC(=O)[C@H](C)C[C@@H]2[C@H](CC[C@H](C)CC(=O)C1)C2(C)C. The minimum Gasteiger partial charge on any atom is -0.299 e. The van der Waals surface area contributed by atoms with Crippen molar-refractivity contribution in [3.05, 3.63) is 11.6 Å². The first-order valence-electron chi connectivity index (χ1n) is 8.91. The zero-order chi connectivity index (χ0) is 16.5. The van der Waals surface area contributed by atoms with Crippen LogP contribution in [-0.4, -0.2) is 11.6 Å². The Kier molecular flexibility index (Phi) is 5.29. The lowest BCUT2D eigenvalue weighted by Gasteiger charge is -2.13. The minimum atomic E-state index is 0.148. The van der Waals surface area contributed by atoms with Gasteiger partial charge in [0, 0.05) is 25.2 Å². The number of carbonyl (C=O) groups is 2. The Bertz CT molecular complexity index is 472. The quantitative estimate of drug-likeness (QED) is 0.592. The lowest BCUT2D eigenvalue weighted by molar-refractivity contribution is -0.122. The van der Waals surface area contributed by atoms with E-state index >= 15 is 0 Å². The molecule has 22 heavy (non-hydrogen) atoms.